The SMILES string of the molecule is CC1/C=C(C(C)(C)C)\C=C/CN(c2ccccc2)/C2=C(/C=C/C(C)(C)C=C=C2)O1. The summed E-state index contributed by atoms with van der Waals surface area (Å²) in [5, 5.41) is 0. The Morgan fingerprint density at radius 2 is 1.83 bits per heavy atom. The second-order valence-electron chi connectivity index (χ2n) is 9.40. The highest BCUT2D eigenvalue weighted by molar-refractivity contribution is 5.57. The molecular weight excluding hydrogens is 354 g/mol. The van der Waals surface area contributed by atoms with Gasteiger partial charge in [0.2, 0.25) is 0 Å². The van der Waals surface area contributed by atoms with Crippen molar-refractivity contribution < 1.29 is 4.74 Å². The van der Waals surface area contributed by atoms with E-state index in [1.165, 1.54) is 5.57 Å². The summed E-state index contributed by atoms with van der Waals surface area (Å²) in [4.78, 5) is 2.29. The van der Waals surface area contributed by atoms with Gasteiger partial charge in [-0.3, -0.25) is 0 Å². The van der Waals surface area contributed by atoms with Crippen LogP contribution in [0.2, 0.25) is 0 Å². The highest BCUT2D eigenvalue weighted by atomic mass is 16.5. The molecule has 0 spiro atoms. The Kier molecular flexibility index (Phi) is 6.05. The summed E-state index contributed by atoms with van der Waals surface area (Å²) in [5.74, 6) is 0.870. The van der Waals surface area contributed by atoms with Crippen molar-refractivity contribution in [1.82, 2.24) is 0 Å². The largest absolute Gasteiger partial charge is 0.484 e. The Balaban J connectivity index is 2.17. The van der Waals surface area contributed by atoms with Crippen molar-refractivity contribution >= 4 is 5.69 Å². The van der Waals surface area contributed by atoms with Crippen molar-refractivity contribution in [3.63, 3.8) is 0 Å². The number of hydrogen-bond acceptors (Lipinski definition) is 2. The van der Waals surface area contributed by atoms with Gasteiger partial charge in [-0.1, -0.05) is 71.0 Å². The molecule has 29 heavy (non-hydrogen) atoms. The average Bonchev–Trinajstić information content (AvgIpc) is 2.64. The zero-order valence-electron chi connectivity index (χ0n) is 18.6. The van der Waals surface area contributed by atoms with E-state index in [2.05, 4.69) is 113 Å². The van der Waals surface area contributed by atoms with Crippen molar-refractivity contribution in [2.75, 3.05) is 11.4 Å². The highest BCUT2D eigenvalue weighted by Gasteiger charge is 2.21. The van der Waals surface area contributed by atoms with Crippen molar-refractivity contribution in [2.24, 2.45) is 10.8 Å². The Labute approximate surface area is 176 Å². The summed E-state index contributed by atoms with van der Waals surface area (Å²) in [6.45, 7) is 13.9. The van der Waals surface area contributed by atoms with Gasteiger partial charge in [0.25, 0.3) is 0 Å². The van der Waals surface area contributed by atoms with E-state index in [1.807, 2.05) is 12.1 Å². The molecule has 1 aromatic rings. The van der Waals surface area contributed by atoms with Crippen LogP contribution >= 0.6 is 0 Å². The fourth-order valence-corrected chi connectivity index (χ4v) is 3.42. The van der Waals surface area contributed by atoms with Gasteiger partial charge in [0.1, 0.15) is 11.9 Å². The van der Waals surface area contributed by atoms with Crippen molar-refractivity contribution in [1.29, 1.82) is 0 Å². The lowest BCUT2D eigenvalue weighted by molar-refractivity contribution is 0.176. The number of nitrogens with zero attached hydrogens (tertiary/aromatic N) is 1. The molecule has 152 valence electrons. The van der Waals surface area contributed by atoms with Crippen LogP contribution < -0.4 is 4.90 Å². The second kappa shape index (κ2) is 8.35. The standard InChI is InChI=1S/C27H33NO/c1-21-20-22(26(2,3)4)12-11-19-28(23-13-8-7-9-14-23)24-15-10-17-27(5,6)18-16-25(24)29-21/h7-9,11-18,20-21H,19H2,1-6H3/b12-11-,18-16+,22-20+,25-24-. The van der Waals surface area contributed by atoms with Gasteiger partial charge >= 0.3 is 0 Å². The Morgan fingerprint density at radius 1 is 1.10 bits per heavy atom. The van der Waals surface area contributed by atoms with Crippen LogP contribution in [0.1, 0.15) is 41.5 Å². The quantitative estimate of drug-likeness (QED) is 0.483. The number of ether oxygens (including phenoxy) is 1. The molecule has 3 rings (SSSR count). The second-order valence-corrected chi connectivity index (χ2v) is 9.40. The van der Waals surface area contributed by atoms with E-state index in [0.717, 1.165) is 23.7 Å². The molecule has 2 heteroatoms. The number of rotatable bonds is 1. The Hall–Kier alpha value is -2.70. The Bertz CT molecular complexity index is 913. The highest BCUT2D eigenvalue weighted by Crippen LogP contribution is 2.31. The van der Waals surface area contributed by atoms with Crippen molar-refractivity contribution in [3.05, 3.63) is 95.6 Å². The van der Waals surface area contributed by atoms with E-state index in [1.54, 1.807) is 0 Å². The zero-order chi connectivity index (χ0) is 21.1. The van der Waals surface area contributed by atoms with E-state index in [4.69, 9.17) is 4.74 Å². The maximum Gasteiger partial charge on any atom is 0.144 e. The van der Waals surface area contributed by atoms with Crippen LogP contribution in [0, 0.1) is 10.8 Å². The minimum Gasteiger partial charge on any atom is -0.484 e. The molecule has 0 radical (unpaired) electrons. The maximum absolute atomic E-state index is 6.49. The number of hydrogen-bond donors (Lipinski definition) is 0. The Morgan fingerprint density at radius 3 is 2.52 bits per heavy atom. The van der Waals surface area contributed by atoms with E-state index in [9.17, 15) is 0 Å². The number of anilines is 1. The molecule has 2 nitrogen and oxygen atoms in total. The first kappa shape index (κ1) is 21.0. The van der Waals surface area contributed by atoms with Crippen LogP contribution in [-0.2, 0) is 4.74 Å². The van der Waals surface area contributed by atoms with Crippen molar-refractivity contribution in [2.45, 2.75) is 47.6 Å². The lowest BCUT2D eigenvalue weighted by Gasteiger charge is -2.30. The lowest BCUT2D eigenvalue weighted by atomic mass is 9.85. The van der Waals surface area contributed by atoms with E-state index in [-0.39, 0.29) is 16.9 Å². The third-order valence-electron chi connectivity index (χ3n) is 5.13. The van der Waals surface area contributed by atoms with Gasteiger partial charge < -0.3 is 9.64 Å². The predicted octanol–water partition coefficient (Wildman–Crippen LogP) is 6.96. The zero-order valence-corrected chi connectivity index (χ0v) is 18.6. The van der Waals surface area contributed by atoms with Gasteiger partial charge in [-0.25, -0.2) is 0 Å². The molecule has 0 N–H and O–H groups in total. The van der Waals surface area contributed by atoms with E-state index in [0.29, 0.717) is 0 Å². The third-order valence-corrected chi connectivity index (χ3v) is 5.13. The molecule has 1 unspecified atom stereocenters. The molecule has 0 saturated carbocycles. The summed E-state index contributed by atoms with van der Waals surface area (Å²) in [6, 6.07) is 10.5. The first-order valence-corrected chi connectivity index (χ1v) is 10.4. The van der Waals surface area contributed by atoms with E-state index < -0.39 is 0 Å². The number of allylic oxidation sites excluding steroid dienone is 5. The molecular formula is C27H33NO. The molecule has 1 aliphatic heterocycles. The minimum absolute atomic E-state index is 0.0424. The summed E-state index contributed by atoms with van der Waals surface area (Å²) in [6.07, 6.45) is 15.1. The normalized spacial score (nSPS) is 28.3. The minimum atomic E-state index is -0.0686. The summed E-state index contributed by atoms with van der Waals surface area (Å²) in [7, 11) is 0. The first-order chi connectivity index (χ1) is 13.7. The molecule has 0 amide bonds. The van der Waals surface area contributed by atoms with Crippen LogP contribution in [0.15, 0.2) is 95.6 Å². The van der Waals surface area contributed by atoms with Gasteiger partial charge in [-0.2, -0.15) is 0 Å². The molecule has 1 aromatic carbocycles. The molecule has 0 bridgehead atoms. The fourth-order valence-electron chi connectivity index (χ4n) is 3.42. The predicted molar refractivity (Wildman–Crippen MR) is 124 cm³/mol. The molecule has 2 aliphatic rings. The smallest absolute Gasteiger partial charge is 0.144 e. The summed E-state index contributed by atoms with van der Waals surface area (Å²) < 4.78 is 6.49. The van der Waals surface area contributed by atoms with Crippen LogP contribution in [0.3, 0.4) is 0 Å². The van der Waals surface area contributed by atoms with Crippen LogP contribution in [0.5, 0.6) is 0 Å². The number of benzene rings is 1. The average molecular weight is 388 g/mol. The van der Waals surface area contributed by atoms with Gasteiger partial charge in [-0.05, 0) is 48.3 Å². The van der Waals surface area contributed by atoms with E-state index >= 15 is 0 Å². The van der Waals surface area contributed by atoms with Crippen LogP contribution in [0.4, 0.5) is 5.69 Å². The molecule has 0 fully saturated rings. The third kappa shape index (κ3) is 5.43. The number of para-hydroxylation sites is 1. The fraction of sp³-hybridized carbons (Fsp3) is 0.370. The molecule has 1 atom stereocenters. The molecule has 1 heterocycles. The van der Waals surface area contributed by atoms with Crippen molar-refractivity contribution in [3.8, 4) is 0 Å². The van der Waals surface area contributed by atoms with Gasteiger partial charge in [0, 0.05) is 23.7 Å². The first-order valence-electron chi connectivity index (χ1n) is 10.4. The molecule has 1 aliphatic carbocycles. The monoisotopic (exact) mass is 387 g/mol. The van der Waals surface area contributed by atoms with Gasteiger partial charge in [-0.15, -0.1) is 5.73 Å². The summed E-state index contributed by atoms with van der Waals surface area (Å²) >= 11 is 0. The van der Waals surface area contributed by atoms with Gasteiger partial charge in [0.15, 0.2) is 0 Å². The van der Waals surface area contributed by atoms with Crippen LogP contribution in [0.25, 0.3) is 0 Å². The lowest BCUT2D eigenvalue weighted by Crippen LogP contribution is -2.25. The summed E-state index contributed by atoms with van der Waals surface area (Å²) in [5.41, 5.74) is 6.81. The van der Waals surface area contributed by atoms with Crippen LogP contribution in [-0.4, -0.2) is 12.6 Å². The molecule has 0 aromatic heterocycles. The van der Waals surface area contributed by atoms with Gasteiger partial charge in [0.05, 0.1) is 5.70 Å². The topological polar surface area (TPSA) is 12.5 Å². The molecule has 0 saturated heterocycles. The maximum atomic E-state index is 6.49.